The predicted octanol–water partition coefficient (Wildman–Crippen LogP) is 2.09. The number of ether oxygens (including phenoxy) is 2. The third-order valence-electron chi connectivity index (χ3n) is 7.31. The normalized spacial score (nSPS) is 20.6. The van der Waals surface area contributed by atoms with E-state index in [0.29, 0.717) is 23.1 Å². The number of aromatic amines is 1. The number of likely N-dealkylation sites (N-methyl/N-ethyl adjacent to an activating group) is 1. The molecular weight excluding hydrogens is 422 g/mol. The fourth-order valence-corrected chi connectivity index (χ4v) is 5.44. The predicted molar refractivity (Wildman–Crippen MR) is 122 cm³/mol. The Balaban J connectivity index is 1.46. The number of H-pyrrole nitrogens is 1. The summed E-state index contributed by atoms with van der Waals surface area (Å²) < 4.78 is 13.0. The zero-order valence-corrected chi connectivity index (χ0v) is 18.9. The lowest BCUT2D eigenvalue weighted by Gasteiger charge is -2.38. The SMILES string of the molecule is CCN1CCN(C(c2cc3cc4c(cc3[nH]c2=O)OCO4)c2nnnn2C2CCCC2)CC1. The average Bonchev–Trinajstić information content (AvgIpc) is 3.60. The van der Waals surface area contributed by atoms with Crippen LogP contribution >= 0.6 is 0 Å². The van der Waals surface area contributed by atoms with E-state index in [0.717, 1.165) is 62.3 Å². The van der Waals surface area contributed by atoms with Crippen LogP contribution in [0.3, 0.4) is 0 Å². The maximum Gasteiger partial charge on any atom is 0.253 e. The second kappa shape index (κ2) is 8.42. The molecular formula is C23H29N7O3. The molecule has 3 aliphatic rings. The molecule has 1 unspecified atom stereocenters. The summed E-state index contributed by atoms with van der Waals surface area (Å²) in [5.41, 5.74) is 1.28. The first-order chi connectivity index (χ1) is 16.2. The van der Waals surface area contributed by atoms with Gasteiger partial charge in [-0.2, -0.15) is 0 Å². The number of pyridine rings is 1. The Kier molecular flexibility index (Phi) is 5.26. The molecule has 0 spiro atoms. The number of hydrogen-bond donors (Lipinski definition) is 1. The van der Waals surface area contributed by atoms with Crippen molar-refractivity contribution in [3.8, 4) is 11.5 Å². The molecule has 33 heavy (non-hydrogen) atoms. The Bertz CT molecular complexity index is 1210. The first-order valence-electron chi connectivity index (χ1n) is 11.9. The number of piperazine rings is 1. The zero-order valence-electron chi connectivity index (χ0n) is 18.9. The van der Waals surface area contributed by atoms with Crippen molar-refractivity contribution in [1.29, 1.82) is 0 Å². The quantitative estimate of drug-likeness (QED) is 0.629. The summed E-state index contributed by atoms with van der Waals surface area (Å²) in [6.45, 7) is 7.05. The fraction of sp³-hybridized carbons (Fsp3) is 0.565. The molecule has 1 atom stereocenters. The number of hydrogen-bond acceptors (Lipinski definition) is 8. The van der Waals surface area contributed by atoms with Crippen molar-refractivity contribution in [2.24, 2.45) is 0 Å². The lowest BCUT2D eigenvalue weighted by molar-refractivity contribution is 0.107. The van der Waals surface area contributed by atoms with Gasteiger partial charge in [0.1, 0.15) is 6.04 Å². The maximum absolute atomic E-state index is 13.4. The minimum atomic E-state index is -0.307. The van der Waals surface area contributed by atoms with E-state index in [4.69, 9.17) is 9.47 Å². The van der Waals surface area contributed by atoms with Crippen LogP contribution in [0.25, 0.3) is 10.9 Å². The van der Waals surface area contributed by atoms with Crippen LogP contribution in [0.4, 0.5) is 0 Å². The minimum absolute atomic E-state index is 0.120. The molecule has 10 heteroatoms. The highest BCUT2D eigenvalue weighted by Gasteiger charge is 2.34. The van der Waals surface area contributed by atoms with Crippen LogP contribution in [-0.2, 0) is 0 Å². The summed E-state index contributed by atoms with van der Waals surface area (Å²) >= 11 is 0. The second-order valence-corrected chi connectivity index (χ2v) is 9.14. The van der Waals surface area contributed by atoms with Gasteiger partial charge in [-0.25, -0.2) is 4.68 Å². The maximum atomic E-state index is 13.4. The smallest absolute Gasteiger partial charge is 0.253 e. The Morgan fingerprint density at radius 2 is 1.85 bits per heavy atom. The number of nitrogens with one attached hydrogen (secondary N) is 1. The van der Waals surface area contributed by atoms with Gasteiger partial charge < -0.3 is 19.4 Å². The first kappa shape index (κ1) is 20.6. The van der Waals surface area contributed by atoms with Crippen LogP contribution in [0.5, 0.6) is 11.5 Å². The number of aromatic nitrogens is 5. The van der Waals surface area contributed by atoms with Crippen LogP contribution in [-0.4, -0.2) is 74.5 Å². The highest BCUT2D eigenvalue weighted by molar-refractivity contribution is 5.83. The lowest BCUT2D eigenvalue weighted by Crippen LogP contribution is -2.49. The standard InChI is InChI=1S/C23H29N7O3/c1-2-28-7-9-29(10-8-28)21(22-25-26-27-30(22)16-5-3-4-6-16)17-11-15-12-19-20(33-14-32-19)13-18(15)24-23(17)31/h11-13,16,21H,2-10,14H2,1H3,(H,24,31). The molecule has 0 radical (unpaired) electrons. The van der Waals surface area contributed by atoms with Gasteiger partial charge in [-0.05, 0) is 41.9 Å². The Labute approximate surface area is 191 Å². The van der Waals surface area contributed by atoms with E-state index in [1.165, 1.54) is 12.8 Å². The van der Waals surface area contributed by atoms with Crippen LogP contribution in [0.15, 0.2) is 23.0 Å². The van der Waals surface area contributed by atoms with Crippen molar-refractivity contribution in [2.45, 2.75) is 44.7 Å². The van der Waals surface area contributed by atoms with Gasteiger partial charge in [-0.1, -0.05) is 19.8 Å². The van der Waals surface area contributed by atoms with Gasteiger partial charge in [0.15, 0.2) is 17.3 Å². The van der Waals surface area contributed by atoms with Gasteiger partial charge in [-0.3, -0.25) is 9.69 Å². The monoisotopic (exact) mass is 451 g/mol. The van der Waals surface area contributed by atoms with Crippen LogP contribution in [0, 0.1) is 0 Å². The summed E-state index contributed by atoms with van der Waals surface area (Å²) in [7, 11) is 0. The molecule has 2 aromatic heterocycles. The topological polar surface area (TPSA) is 101 Å². The molecule has 2 aliphatic heterocycles. The number of rotatable bonds is 5. The van der Waals surface area contributed by atoms with Crippen molar-refractivity contribution in [2.75, 3.05) is 39.5 Å². The highest BCUT2D eigenvalue weighted by atomic mass is 16.7. The number of fused-ring (bicyclic) bond motifs is 2. The van der Waals surface area contributed by atoms with Gasteiger partial charge in [0.05, 0.1) is 11.6 Å². The second-order valence-electron chi connectivity index (χ2n) is 9.14. The third-order valence-corrected chi connectivity index (χ3v) is 7.31. The molecule has 1 aromatic carbocycles. The van der Waals surface area contributed by atoms with E-state index in [1.807, 2.05) is 22.9 Å². The van der Waals surface area contributed by atoms with Crippen molar-refractivity contribution >= 4 is 10.9 Å². The molecule has 10 nitrogen and oxygen atoms in total. The van der Waals surface area contributed by atoms with Gasteiger partial charge in [0.2, 0.25) is 6.79 Å². The number of benzene rings is 1. The van der Waals surface area contributed by atoms with Crippen molar-refractivity contribution in [3.05, 3.63) is 39.9 Å². The minimum Gasteiger partial charge on any atom is -0.454 e. The van der Waals surface area contributed by atoms with Gasteiger partial charge in [-0.15, -0.1) is 5.10 Å². The molecule has 1 aliphatic carbocycles. The van der Waals surface area contributed by atoms with E-state index >= 15 is 0 Å². The van der Waals surface area contributed by atoms with E-state index in [1.54, 1.807) is 0 Å². The molecule has 0 amide bonds. The summed E-state index contributed by atoms with van der Waals surface area (Å²) in [5.74, 6) is 2.12. The summed E-state index contributed by atoms with van der Waals surface area (Å²) in [6.07, 6.45) is 4.53. The molecule has 4 heterocycles. The molecule has 3 aromatic rings. The van der Waals surface area contributed by atoms with Crippen molar-refractivity contribution in [1.82, 2.24) is 35.0 Å². The van der Waals surface area contributed by atoms with E-state index < -0.39 is 0 Å². The Morgan fingerprint density at radius 3 is 2.61 bits per heavy atom. The average molecular weight is 452 g/mol. The van der Waals surface area contributed by atoms with Gasteiger partial charge >= 0.3 is 0 Å². The molecule has 6 rings (SSSR count). The molecule has 0 bridgehead atoms. The summed E-state index contributed by atoms with van der Waals surface area (Å²) in [4.78, 5) is 21.3. The zero-order chi connectivity index (χ0) is 22.4. The first-order valence-corrected chi connectivity index (χ1v) is 11.9. The Hall–Kier alpha value is -2.98. The molecule has 174 valence electrons. The van der Waals surface area contributed by atoms with Gasteiger partial charge in [0.25, 0.3) is 5.56 Å². The van der Waals surface area contributed by atoms with E-state index in [-0.39, 0.29) is 18.4 Å². The molecule has 1 N–H and O–H groups in total. The molecule has 1 saturated heterocycles. The highest BCUT2D eigenvalue weighted by Crippen LogP contribution is 2.37. The van der Waals surface area contributed by atoms with Gasteiger partial charge in [0, 0.05) is 43.2 Å². The molecule has 2 fully saturated rings. The fourth-order valence-electron chi connectivity index (χ4n) is 5.44. The van der Waals surface area contributed by atoms with Crippen LogP contribution in [0.1, 0.15) is 56.1 Å². The van der Waals surface area contributed by atoms with Crippen molar-refractivity contribution in [3.63, 3.8) is 0 Å². The third kappa shape index (κ3) is 3.67. The van der Waals surface area contributed by atoms with E-state index in [2.05, 4.69) is 37.2 Å². The van der Waals surface area contributed by atoms with Crippen molar-refractivity contribution < 1.29 is 9.47 Å². The Morgan fingerprint density at radius 1 is 1.09 bits per heavy atom. The van der Waals surface area contributed by atoms with Crippen LogP contribution < -0.4 is 15.0 Å². The van der Waals surface area contributed by atoms with E-state index in [9.17, 15) is 4.79 Å². The largest absolute Gasteiger partial charge is 0.454 e. The number of nitrogens with zero attached hydrogens (tertiary/aromatic N) is 6. The van der Waals surface area contributed by atoms with Crippen LogP contribution in [0.2, 0.25) is 0 Å². The number of tetrazole rings is 1. The summed E-state index contributed by atoms with van der Waals surface area (Å²) in [5, 5.41) is 13.8. The summed E-state index contributed by atoms with van der Waals surface area (Å²) in [6, 6.07) is 5.73. The lowest BCUT2D eigenvalue weighted by atomic mass is 10.0. The molecule has 1 saturated carbocycles.